The summed E-state index contributed by atoms with van der Waals surface area (Å²) in [5, 5.41) is 2.55. The van der Waals surface area contributed by atoms with Crippen LogP contribution in [0.2, 0.25) is 0 Å². The number of alkyl halides is 3. The number of alkyl carbamates (subject to hydrolysis) is 1. The molecule has 0 saturated carbocycles. The molecule has 1 aromatic carbocycles. The highest BCUT2D eigenvalue weighted by molar-refractivity contribution is 9.10. The van der Waals surface area contributed by atoms with Gasteiger partial charge in [0.1, 0.15) is 6.61 Å². The maximum atomic E-state index is 11.3. The topological polar surface area (TPSA) is 41.6 Å². The van der Waals surface area contributed by atoms with Crippen molar-refractivity contribution in [2.45, 2.75) is 3.79 Å². The standard InChI is InChI=1S/C11H12BrCl3N2O2/c1-17(9-4-2-8(12)3-5-9)7-16-10(18)19-6-11(13,14)15/h2-5H,6-7H2,1H3,(H,16,18). The van der Waals surface area contributed by atoms with Gasteiger partial charge in [0.05, 0.1) is 6.67 Å². The molecule has 0 aliphatic heterocycles. The Kier molecular flexibility index (Phi) is 6.53. The monoisotopic (exact) mass is 388 g/mol. The second-order valence-electron chi connectivity index (χ2n) is 3.70. The number of carbonyl (C=O) groups excluding carboxylic acids is 1. The lowest BCUT2D eigenvalue weighted by Gasteiger charge is -2.20. The minimum Gasteiger partial charge on any atom is -0.445 e. The van der Waals surface area contributed by atoms with Gasteiger partial charge in [-0.05, 0) is 24.3 Å². The lowest BCUT2D eigenvalue weighted by Crippen LogP contribution is -2.36. The van der Waals surface area contributed by atoms with E-state index in [1.807, 2.05) is 36.2 Å². The first-order chi connectivity index (χ1) is 8.78. The van der Waals surface area contributed by atoms with Crippen LogP contribution in [0.25, 0.3) is 0 Å². The third-order valence-corrected chi connectivity index (χ3v) is 2.95. The van der Waals surface area contributed by atoms with Crippen molar-refractivity contribution >= 4 is 62.5 Å². The second-order valence-corrected chi connectivity index (χ2v) is 7.13. The lowest BCUT2D eigenvalue weighted by molar-refractivity contribution is 0.148. The summed E-state index contributed by atoms with van der Waals surface area (Å²) in [5.74, 6) is 0. The van der Waals surface area contributed by atoms with Crippen LogP contribution in [0.1, 0.15) is 0 Å². The van der Waals surface area contributed by atoms with Crippen LogP contribution in [-0.4, -0.2) is 30.2 Å². The van der Waals surface area contributed by atoms with Gasteiger partial charge in [0, 0.05) is 17.2 Å². The van der Waals surface area contributed by atoms with Crippen LogP contribution in [0.5, 0.6) is 0 Å². The summed E-state index contributed by atoms with van der Waals surface area (Å²) in [6.07, 6.45) is -0.643. The number of hydrogen-bond donors (Lipinski definition) is 1. The molecule has 1 rings (SSSR count). The second kappa shape index (κ2) is 7.43. The summed E-state index contributed by atoms with van der Waals surface area (Å²) in [4.78, 5) is 13.2. The molecule has 19 heavy (non-hydrogen) atoms. The van der Waals surface area contributed by atoms with Crippen LogP contribution in [0.4, 0.5) is 10.5 Å². The number of nitrogens with zero attached hydrogens (tertiary/aromatic N) is 1. The Bertz CT molecular complexity index is 423. The van der Waals surface area contributed by atoms with Gasteiger partial charge in [0.15, 0.2) is 0 Å². The molecule has 0 saturated heterocycles. The largest absolute Gasteiger partial charge is 0.445 e. The number of benzene rings is 1. The molecular formula is C11H12BrCl3N2O2. The fraction of sp³-hybridized carbons (Fsp3) is 0.364. The van der Waals surface area contributed by atoms with Gasteiger partial charge in [0.2, 0.25) is 3.79 Å². The van der Waals surface area contributed by atoms with Crippen molar-refractivity contribution in [3.63, 3.8) is 0 Å². The van der Waals surface area contributed by atoms with Crippen molar-refractivity contribution in [3.05, 3.63) is 28.7 Å². The van der Waals surface area contributed by atoms with Crippen molar-refractivity contribution in [3.8, 4) is 0 Å². The fourth-order valence-electron chi connectivity index (χ4n) is 1.17. The summed E-state index contributed by atoms with van der Waals surface area (Å²) in [6.45, 7) is -0.0220. The van der Waals surface area contributed by atoms with E-state index in [2.05, 4.69) is 21.2 Å². The quantitative estimate of drug-likeness (QED) is 0.625. The van der Waals surface area contributed by atoms with Gasteiger partial charge in [-0.15, -0.1) is 0 Å². The van der Waals surface area contributed by atoms with E-state index in [1.165, 1.54) is 0 Å². The highest BCUT2D eigenvalue weighted by atomic mass is 79.9. The van der Waals surface area contributed by atoms with E-state index >= 15 is 0 Å². The van der Waals surface area contributed by atoms with Crippen LogP contribution in [0.15, 0.2) is 28.7 Å². The van der Waals surface area contributed by atoms with E-state index in [0.717, 1.165) is 10.2 Å². The fourth-order valence-corrected chi connectivity index (χ4v) is 1.60. The third kappa shape index (κ3) is 7.11. The number of halogens is 4. The Morgan fingerprint density at radius 2 is 1.95 bits per heavy atom. The van der Waals surface area contributed by atoms with E-state index in [0.29, 0.717) is 0 Å². The highest BCUT2D eigenvalue weighted by Gasteiger charge is 2.22. The Morgan fingerprint density at radius 3 is 2.47 bits per heavy atom. The summed E-state index contributed by atoms with van der Waals surface area (Å²) in [7, 11) is 1.83. The van der Waals surface area contributed by atoms with E-state index in [1.54, 1.807) is 0 Å². The number of anilines is 1. The highest BCUT2D eigenvalue weighted by Crippen LogP contribution is 2.25. The number of carbonyl (C=O) groups is 1. The number of rotatable bonds is 4. The van der Waals surface area contributed by atoms with E-state index in [4.69, 9.17) is 39.5 Å². The maximum Gasteiger partial charge on any atom is 0.408 e. The third-order valence-electron chi connectivity index (χ3n) is 2.09. The van der Waals surface area contributed by atoms with Crippen LogP contribution in [0.3, 0.4) is 0 Å². The maximum absolute atomic E-state index is 11.3. The zero-order valence-electron chi connectivity index (χ0n) is 10.00. The molecule has 0 aliphatic rings. The van der Waals surface area contributed by atoms with E-state index in [9.17, 15) is 4.79 Å². The van der Waals surface area contributed by atoms with E-state index < -0.39 is 9.89 Å². The molecule has 0 aliphatic carbocycles. The number of ether oxygens (including phenoxy) is 1. The van der Waals surface area contributed by atoms with Crippen molar-refractivity contribution in [1.29, 1.82) is 0 Å². The normalized spacial score (nSPS) is 11.0. The van der Waals surface area contributed by atoms with Crippen molar-refractivity contribution in [2.75, 3.05) is 25.2 Å². The SMILES string of the molecule is CN(CNC(=O)OCC(Cl)(Cl)Cl)c1ccc(Br)cc1. The molecule has 4 nitrogen and oxygen atoms in total. The van der Waals surface area contributed by atoms with Gasteiger partial charge >= 0.3 is 6.09 Å². The zero-order chi connectivity index (χ0) is 14.5. The summed E-state index contributed by atoms with van der Waals surface area (Å²) in [6, 6.07) is 7.65. The van der Waals surface area contributed by atoms with Crippen molar-refractivity contribution in [2.24, 2.45) is 0 Å². The first-order valence-electron chi connectivity index (χ1n) is 5.22. The molecule has 1 amide bonds. The van der Waals surface area contributed by atoms with Gasteiger partial charge in [-0.25, -0.2) is 4.79 Å². The average Bonchev–Trinajstić information content (AvgIpc) is 2.33. The molecule has 0 heterocycles. The molecule has 1 N–H and O–H groups in total. The average molecular weight is 390 g/mol. The van der Waals surface area contributed by atoms with Gasteiger partial charge in [0.25, 0.3) is 0 Å². The van der Waals surface area contributed by atoms with Gasteiger partial charge in [-0.1, -0.05) is 50.7 Å². The Balaban J connectivity index is 2.35. The summed E-state index contributed by atoms with van der Waals surface area (Å²) >= 11 is 19.7. The predicted octanol–water partition coefficient (Wildman–Crippen LogP) is 3.94. The molecule has 0 atom stereocenters. The number of amides is 1. The first kappa shape index (κ1) is 16.7. The Hall–Kier alpha value is -0.360. The first-order valence-corrected chi connectivity index (χ1v) is 7.15. The molecule has 0 bridgehead atoms. The van der Waals surface area contributed by atoms with Crippen LogP contribution in [0, 0.1) is 0 Å². The van der Waals surface area contributed by atoms with Crippen LogP contribution >= 0.6 is 50.7 Å². The Morgan fingerprint density at radius 1 is 1.37 bits per heavy atom. The smallest absolute Gasteiger partial charge is 0.408 e. The minimum absolute atomic E-state index is 0.278. The molecule has 0 radical (unpaired) electrons. The summed E-state index contributed by atoms with van der Waals surface area (Å²) in [5.41, 5.74) is 0.949. The van der Waals surface area contributed by atoms with Crippen LogP contribution < -0.4 is 10.2 Å². The molecule has 0 spiro atoms. The molecule has 0 unspecified atom stereocenters. The molecule has 8 heteroatoms. The number of nitrogens with one attached hydrogen (secondary N) is 1. The van der Waals surface area contributed by atoms with Crippen LogP contribution in [-0.2, 0) is 4.74 Å². The number of hydrogen-bond acceptors (Lipinski definition) is 3. The molecular weight excluding hydrogens is 378 g/mol. The minimum atomic E-state index is -1.60. The van der Waals surface area contributed by atoms with Gasteiger partial charge in [-0.2, -0.15) is 0 Å². The molecule has 0 aromatic heterocycles. The molecule has 106 valence electrons. The predicted molar refractivity (Wildman–Crippen MR) is 82.2 cm³/mol. The Labute approximate surface area is 135 Å². The summed E-state index contributed by atoms with van der Waals surface area (Å²) < 4.78 is 4.12. The molecule has 1 aromatic rings. The molecule has 0 fully saturated rings. The lowest BCUT2D eigenvalue weighted by atomic mass is 10.3. The van der Waals surface area contributed by atoms with Crippen molar-refractivity contribution in [1.82, 2.24) is 5.32 Å². The van der Waals surface area contributed by atoms with Gasteiger partial charge < -0.3 is 15.0 Å². The van der Waals surface area contributed by atoms with Crippen molar-refractivity contribution < 1.29 is 9.53 Å². The van der Waals surface area contributed by atoms with E-state index in [-0.39, 0.29) is 13.3 Å². The van der Waals surface area contributed by atoms with Gasteiger partial charge in [-0.3, -0.25) is 0 Å². The zero-order valence-corrected chi connectivity index (χ0v) is 13.9.